The number of hydrogen-bond donors (Lipinski definition) is 2. The molecular formula is C13H17FN2. The normalized spacial score (nSPS) is 29.8. The van der Waals surface area contributed by atoms with Crippen molar-refractivity contribution in [1.82, 2.24) is 5.32 Å². The van der Waals surface area contributed by atoms with E-state index in [2.05, 4.69) is 16.7 Å². The first-order valence-electron chi connectivity index (χ1n) is 6.06. The molecule has 0 spiro atoms. The van der Waals surface area contributed by atoms with Gasteiger partial charge in [0.1, 0.15) is 6.17 Å². The molecule has 1 fully saturated rings. The summed E-state index contributed by atoms with van der Waals surface area (Å²) in [7, 11) is 0. The van der Waals surface area contributed by atoms with Gasteiger partial charge in [0.05, 0.1) is 6.04 Å². The number of alkyl halides is 1. The van der Waals surface area contributed by atoms with Crippen LogP contribution in [0.2, 0.25) is 0 Å². The van der Waals surface area contributed by atoms with Crippen molar-refractivity contribution in [2.75, 3.05) is 11.9 Å². The molecule has 3 heteroatoms. The monoisotopic (exact) mass is 220 g/mol. The molecule has 0 amide bonds. The van der Waals surface area contributed by atoms with Crippen LogP contribution in [0, 0.1) is 0 Å². The van der Waals surface area contributed by atoms with E-state index < -0.39 is 6.17 Å². The molecule has 2 aliphatic heterocycles. The third kappa shape index (κ3) is 1.69. The van der Waals surface area contributed by atoms with Gasteiger partial charge in [0.15, 0.2) is 0 Å². The first kappa shape index (κ1) is 10.1. The smallest absolute Gasteiger partial charge is 0.136 e. The van der Waals surface area contributed by atoms with Crippen LogP contribution in [0.4, 0.5) is 10.1 Å². The van der Waals surface area contributed by atoms with Crippen LogP contribution in [0.15, 0.2) is 24.3 Å². The van der Waals surface area contributed by atoms with E-state index in [0.29, 0.717) is 0 Å². The first-order valence-corrected chi connectivity index (χ1v) is 6.06. The molecule has 0 aliphatic carbocycles. The molecule has 1 saturated heterocycles. The fourth-order valence-electron chi connectivity index (χ4n) is 2.78. The predicted molar refractivity (Wildman–Crippen MR) is 63.5 cm³/mol. The van der Waals surface area contributed by atoms with E-state index >= 15 is 0 Å². The van der Waals surface area contributed by atoms with Gasteiger partial charge in [0.25, 0.3) is 0 Å². The summed E-state index contributed by atoms with van der Waals surface area (Å²) in [5, 5.41) is 6.54. The maximum Gasteiger partial charge on any atom is 0.136 e. The second-order valence-electron chi connectivity index (χ2n) is 4.76. The molecule has 3 atom stereocenters. The van der Waals surface area contributed by atoms with Gasteiger partial charge < -0.3 is 10.6 Å². The van der Waals surface area contributed by atoms with Gasteiger partial charge in [-0.25, -0.2) is 4.39 Å². The van der Waals surface area contributed by atoms with Gasteiger partial charge in [-0.15, -0.1) is 0 Å². The van der Waals surface area contributed by atoms with Crippen molar-refractivity contribution in [3.63, 3.8) is 0 Å². The summed E-state index contributed by atoms with van der Waals surface area (Å²) in [6, 6.07) is 8.13. The first-order chi connectivity index (χ1) is 7.84. The molecular weight excluding hydrogens is 203 g/mol. The van der Waals surface area contributed by atoms with Crippen LogP contribution in [0.5, 0.6) is 0 Å². The molecule has 86 valence electrons. The zero-order valence-corrected chi connectivity index (χ0v) is 9.25. The lowest BCUT2D eigenvalue weighted by Gasteiger charge is -2.22. The summed E-state index contributed by atoms with van der Waals surface area (Å²) < 4.78 is 14.3. The summed E-state index contributed by atoms with van der Waals surface area (Å²) in [5.74, 6) is 0. The van der Waals surface area contributed by atoms with Crippen LogP contribution in [0.1, 0.15) is 18.4 Å². The molecule has 3 unspecified atom stereocenters. The van der Waals surface area contributed by atoms with Crippen molar-refractivity contribution in [2.45, 2.75) is 37.5 Å². The van der Waals surface area contributed by atoms with E-state index in [4.69, 9.17) is 0 Å². The Kier molecular flexibility index (Phi) is 2.56. The Morgan fingerprint density at radius 3 is 2.88 bits per heavy atom. The van der Waals surface area contributed by atoms with Gasteiger partial charge in [-0.1, -0.05) is 18.2 Å². The van der Waals surface area contributed by atoms with Crippen molar-refractivity contribution >= 4 is 5.69 Å². The summed E-state index contributed by atoms with van der Waals surface area (Å²) in [4.78, 5) is 0. The van der Waals surface area contributed by atoms with E-state index in [-0.39, 0.29) is 12.1 Å². The zero-order chi connectivity index (χ0) is 11.0. The third-order valence-electron chi connectivity index (χ3n) is 3.67. The molecule has 1 aromatic carbocycles. The van der Waals surface area contributed by atoms with Gasteiger partial charge in [-0.2, -0.15) is 0 Å². The highest BCUT2D eigenvalue weighted by Crippen LogP contribution is 2.29. The van der Waals surface area contributed by atoms with Gasteiger partial charge in [0.2, 0.25) is 0 Å². The van der Waals surface area contributed by atoms with E-state index in [0.717, 1.165) is 31.5 Å². The minimum atomic E-state index is -0.783. The van der Waals surface area contributed by atoms with E-state index in [1.165, 1.54) is 5.56 Å². The molecule has 1 aromatic rings. The highest BCUT2D eigenvalue weighted by atomic mass is 19.1. The number of para-hydroxylation sites is 1. The molecule has 0 bridgehead atoms. The minimum absolute atomic E-state index is 0.0480. The third-order valence-corrected chi connectivity index (χ3v) is 3.67. The Balaban J connectivity index is 1.70. The Hall–Kier alpha value is -1.09. The summed E-state index contributed by atoms with van der Waals surface area (Å²) >= 11 is 0. The molecule has 16 heavy (non-hydrogen) atoms. The lowest BCUT2D eigenvalue weighted by atomic mass is 10.0. The molecule has 0 radical (unpaired) electrons. The topological polar surface area (TPSA) is 24.1 Å². The number of halogens is 1. The SMILES string of the molecule is FC(C1CCCN1)C1Cc2ccccc2N1. The van der Waals surface area contributed by atoms with Crippen LogP contribution >= 0.6 is 0 Å². The highest BCUT2D eigenvalue weighted by molar-refractivity contribution is 5.57. The predicted octanol–water partition coefficient (Wildman–Crippen LogP) is 2.11. The Labute approximate surface area is 95.2 Å². The van der Waals surface area contributed by atoms with E-state index in [9.17, 15) is 4.39 Å². The Morgan fingerprint density at radius 2 is 2.12 bits per heavy atom. The molecule has 2 N–H and O–H groups in total. The Bertz CT molecular complexity index is 349. The van der Waals surface area contributed by atoms with Crippen LogP contribution in [-0.2, 0) is 6.42 Å². The number of benzene rings is 1. The standard InChI is InChI=1S/C13H17FN2/c14-13(11-6-3-7-15-11)12-8-9-4-1-2-5-10(9)16-12/h1-2,4-5,11-13,15-16H,3,6-8H2. The molecule has 2 aliphatic rings. The summed E-state index contributed by atoms with van der Waals surface area (Å²) in [5.41, 5.74) is 2.35. The van der Waals surface area contributed by atoms with Crippen molar-refractivity contribution in [2.24, 2.45) is 0 Å². The number of hydrogen-bond acceptors (Lipinski definition) is 2. The van der Waals surface area contributed by atoms with Crippen LogP contribution in [0.25, 0.3) is 0 Å². The van der Waals surface area contributed by atoms with Crippen LogP contribution in [-0.4, -0.2) is 24.8 Å². The van der Waals surface area contributed by atoms with E-state index in [1.54, 1.807) is 0 Å². The van der Waals surface area contributed by atoms with Gasteiger partial charge in [0, 0.05) is 11.7 Å². The lowest BCUT2D eigenvalue weighted by molar-refractivity contribution is 0.236. The lowest BCUT2D eigenvalue weighted by Crippen LogP contribution is -2.42. The second-order valence-corrected chi connectivity index (χ2v) is 4.76. The van der Waals surface area contributed by atoms with Gasteiger partial charge >= 0.3 is 0 Å². The molecule has 2 nitrogen and oxygen atoms in total. The van der Waals surface area contributed by atoms with Crippen LogP contribution in [0.3, 0.4) is 0 Å². The highest BCUT2D eigenvalue weighted by Gasteiger charge is 2.34. The fraction of sp³-hybridized carbons (Fsp3) is 0.538. The van der Waals surface area contributed by atoms with Crippen molar-refractivity contribution < 1.29 is 4.39 Å². The number of rotatable bonds is 2. The largest absolute Gasteiger partial charge is 0.379 e. The average Bonchev–Trinajstić information content (AvgIpc) is 2.97. The fourth-order valence-corrected chi connectivity index (χ4v) is 2.78. The van der Waals surface area contributed by atoms with Gasteiger partial charge in [-0.05, 0) is 37.4 Å². The molecule has 0 aromatic heterocycles. The second kappa shape index (κ2) is 4.06. The van der Waals surface area contributed by atoms with Crippen molar-refractivity contribution in [3.8, 4) is 0 Å². The summed E-state index contributed by atoms with van der Waals surface area (Å²) in [6.45, 7) is 0.963. The number of fused-ring (bicyclic) bond motifs is 1. The number of anilines is 1. The maximum atomic E-state index is 14.3. The average molecular weight is 220 g/mol. The molecule has 0 saturated carbocycles. The molecule has 2 heterocycles. The van der Waals surface area contributed by atoms with Crippen molar-refractivity contribution in [3.05, 3.63) is 29.8 Å². The maximum absolute atomic E-state index is 14.3. The minimum Gasteiger partial charge on any atom is -0.379 e. The van der Waals surface area contributed by atoms with Gasteiger partial charge in [-0.3, -0.25) is 0 Å². The van der Waals surface area contributed by atoms with E-state index in [1.807, 2.05) is 18.2 Å². The van der Waals surface area contributed by atoms with Crippen LogP contribution < -0.4 is 10.6 Å². The number of nitrogens with one attached hydrogen (secondary N) is 2. The van der Waals surface area contributed by atoms with Crippen molar-refractivity contribution in [1.29, 1.82) is 0 Å². The molecule has 3 rings (SSSR count). The Morgan fingerprint density at radius 1 is 1.25 bits per heavy atom. The zero-order valence-electron chi connectivity index (χ0n) is 9.25. The summed E-state index contributed by atoms with van der Waals surface area (Å²) in [6.07, 6.45) is 2.10. The quantitative estimate of drug-likeness (QED) is 0.797.